The average Bonchev–Trinajstić information content (AvgIpc) is 2.59. The predicted octanol–water partition coefficient (Wildman–Crippen LogP) is 2.29. The third-order valence-corrected chi connectivity index (χ3v) is 4.15. The highest BCUT2D eigenvalue weighted by atomic mass is 35.7. The van der Waals surface area contributed by atoms with Crippen molar-refractivity contribution in [2.24, 2.45) is 5.92 Å². The number of amides is 1. The summed E-state index contributed by atoms with van der Waals surface area (Å²) in [7, 11) is 1.33. The van der Waals surface area contributed by atoms with Gasteiger partial charge in [0, 0.05) is 22.8 Å². The molecular weight excluding hydrogens is 278 g/mol. The van der Waals surface area contributed by atoms with Crippen molar-refractivity contribution in [3.63, 3.8) is 0 Å². The SMILES string of the molecule is Cc1oc(C(=O)NC(C)C(C)C)cc1S(=O)(=O)Cl. The molecule has 1 amide bonds. The molecule has 1 rings (SSSR count). The van der Waals surface area contributed by atoms with Crippen molar-refractivity contribution in [3.8, 4) is 0 Å². The molecule has 0 saturated carbocycles. The Labute approximate surface area is 111 Å². The maximum absolute atomic E-state index is 11.8. The molecule has 5 nitrogen and oxygen atoms in total. The van der Waals surface area contributed by atoms with Crippen molar-refractivity contribution in [2.45, 2.75) is 38.6 Å². The summed E-state index contributed by atoms with van der Waals surface area (Å²) in [4.78, 5) is 11.6. The van der Waals surface area contributed by atoms with Crippen molar-refractivity contribution in [2.75, 3.05) is 0 Å². The number of furan rings is 1. The minimum absolute atomic E-state index is 0.0426. The summed E-state index contributed by atoms with van der Waals surface area (Å²) in [5.74, 6) is -0.140. The summed E-state index contributed by atoms with van der Waals surface area (Å²) < 4.78 is 27.5. The fourth-order valence-corrected chi connectivity index (χ4v) is 2.36. The molecule has 102 valence electrons. The Morgan fingerprint density at radius 2 is 1.94 bits per heavy atom. The van der Waals surface area contributed by atoms with Gasteiger partial charge in [0.05, 0.1) is 0 Å². The largest absolute Gasteiger partial charge is 0.455 e. The lowest BCUT2D eigenvalue weighted by Crippen LogP contribution is -2.35. The van der Waals surface area contributed by atoms with Crippen molar-refractivity contribution < 1.29 is 17.6 Å². The molecule has 18 heavy (non-hydrogen) atoms. The van der Waals surface area contributed by atoms with E-state index in [1.54, 1.807) is 0 Å². The van der Waals surface area contributed by atoms with Gasteiger partial charge in [0.2, 0.25) is 0 Å². The van der Waals surface area contributed by atoms with Crippen LogP contribution >= 0.6 is 10.7 Å². The summed E-state index contributed by atoms with van der Waals surface area (Å²) >= 11 is 0. The second-order valence-corrected chi connectivity index (χ2v) is 7.01. The Morgan fingerprint density at radius 3 is 2.33 bits per heavy atom. The van der Waals surface area contributed by atoms with E-state index in [-0.39, 0.29) is 28.4 Å². The molecule has 0 aromatic carbocycles. The van der Waals surface area contributed by atoms with Gasteiger partial charge in [-0.05, 0) is 19.8 Å². The van der Waals surface area contributed by atoms with E-state index in [1.807, 2.05) is 20.8 Å². The fourth-order valence-electron chi connectivity index (χ4n) is 1.26. The topological polar surface area (TPSA) is 76.4 Å². The third kappa shape index (κ3) is 3.49. The van der Waals surface area contributed by atoms with Gasteiger partial charge >= 0.3 is 0 Å². The van der Waals surface area contributed by atoms with Gasteiger partial charge in [0.25, 0.3) is 15.0 Å². The Hall–Kier alpha value is -1.01. The molecule has 1 N–H and O–H groups in total. The molecular formula is C11H16ClNO4S. The maximum Gasteiger partial charge on any atom is 0.287 e. The van der Waals surface area contributed by atoms with Gasteiger partial charge in [0.15, 0.2) is 5.76 Å². The van der Waals surface area contributed by atoms with Gasteiger partial charge in [-0.2, -0.15) is 0 Å². The molecule has 0 fully saturated rings. The molecule has 1 unspecified atom stereocenters. The number of nitrogens with one attached hydrogen (secondary N) is 1. The predicted molar refractivity (Wildman–Crippen MR) is 68.3 cm³/mol. The quantitative estimate of drug-likeness (QED) is 0.864. The van der Waals surface area contributed by atoms with E-state index in [0.717, 1.165) is 6.07 Å². The van der Waals surface area contributed by atoms with Gasteiger partial charge in [-0.25, -0.2) is 8.42 Å². The Balaban J connectivity index is 2.96. The normalized spacial score (nSPS) is 13.7. The van der Waals surface area contributed by atoms with Crippen LogP contribution in [0.3, 0.4) is 0 Å². The third-order valence-electron chi connectivity index (χ3n) is 2.72. The molecule has 0 aliphatic rings. The number of hydrogen-bond acceptors (Lipinski definition) is 4. The lowest BCUT2D eigenvalue weighted by molar-refractivity contribution is 0.0901. The first kappa shape index (κ1) is 15.0. The van der Waals surface area contributed by atoms with E-state index >= 15 is 0 Å². The van der Waals surface area contributed by atoms with Crippen LogP contribution in [0.2, 0.25) is 0 Å². The second-order valence-electron chi connectivity index (χ2n) is 4.48. The van der Waals surface area contributed by atoms with E-state index < -0.39 is 15.0 Å². The molecule has 7 heteroatoms. The highest BCUT2D eigenvalue weighted by Gasteiger charge is 2.23. The molecule has 0 bridgehead atoms. The zero-order chi connectivity index (χ0) is 14.1. The van der Waals surface area contributed by atoms with E-state index in [1.165, 1.54) is 6.92 Å². The van der Waals surface area contributed by atoms with Crippen LogP contribution in [0.25, 0.3) is 0 Å². The maximum atomic E-state index is 11.8. The molecule has 0 aliphatic carbocycles. The highest BCUT2D eigenvalue weighted by molar-refractivity contribution is 8.13. The Morgan fingerprint density at radius 1 is 1.39 bits per heavy atom. The first-order valence-electron chi connectivity index (χ1n) is 5.49. The molecule has 1 aromatic heterocycles. The van der Waals surface area contributed by atoms with Gasteiger partial charge in [-0.1, -0.05) is 13.8 Å². The van der Waals surface area contributed by atoms with Crippen LogP contribution in [0, 0.1) is 12.8 Å². The number of aryl methyl sites for hydroxylation is 1. The summed E-state index contributed by atoms with van der Waals surface area (Å²) in [5.41, 5.74) is 0. The van der Waals surface area contributed by atoms with Crippen LogP contribution in [0.4, 0.5) is 0 Å². The van der Waals surface area contributed by atoms with Crippen molar-refractivity contribution in [1.82, 2.24) is 5.32 Å². The van der Waals surface area contributed by atoms with Crippen LogP contribution in [0.15, 0.2) is 15.4 Å². The van der Waals surface area contributed by atoms with E-state index in [0.29, 0.717) is 0 Å². The van der Waals surface area contributed by atoms with Crippen molar-refractivity contribution >= 4 is 25.6 Å². The first-order valence-corrected chi connectivity index (χ1v) is 7.79. The summed E-state index contributed by atoms with van der Waals surface area (Å²) in [6.07, 6.45) is 0. The molecule has 1 heterocycles. The lowest BCUT2D eigenvalue weighted by atomic mass is 10.1. The fraction of sp³-hybridized carbons (Fsp3) is 0.545. The summed E-state index contributed by atoms with van der Waals surface area (Å²) in [6.45, 7) is 7.23. The van der Waals surface area contributed by atoms with E-state index in [4.69, 9.17) is 15.1 Å². The number of carbonyl (C=O) groups is 1. The molecule has 0 spiro atoms. The standard InChI is InChI=1S/C11H16ClNO4S/c1-6(2)7(3)13-11(14)9-5-10(8(4)17-9)18(12,15)16/h5-7H,1-4H3,(H,13,14). The number of hydrogen-bond donors (Lipinski definition) is 1. The van der Waals surface area contributed by atoms with E-state index in [9.17, 15) is 13.2 Å². The number of halogens is 1. The van der Waals surface area contributed by atoms with Crippen LogP contribution < -0.4 is 5.32 Å². The highest BCUT2D eigenvalue weighted by Crippen LogP contribution is 2.23. The molecule has 0 radical (unpaired) electrons. The smallest absolute Gasteiger partial charge is 0.287 e. The van der Waals surface area contributed by atoms with Crippen LogP contribution in [0.1, 0.15) is 37.1 Å². The molecule has 1 atom stereocenters. The van der Waals surface area contributed by atoms with Crippen molar-refractivity contribution in [1.29, 1.82) is 0 Å². The number of carbonyl (C=O) groups excluding carboxylic acids is 1. The molecule has 0 saturated heterocycles. The second kappa shape index (κ2) is 5.32. The van der Waals surface area contributed by atoms with Crippen LogP contribution in [-0.2, 0) is 9.05 Å². The monoisotopic (exact) mass is 293 g/mol. The molecule has 1 aromatic rings. The minimum atomic E-state index is -3.89. The minimum Gasteiger partial charge on any atom is -0.455 e. The Bertz CT molecular complexity index is 547. The molecule has 0 aliphatic heterocycles. The Kier molecular flexibility index (Phi) is 4.45. The van der Waals surface area contributed by atoms with Gasteiger partial charge in [-0.15, -0.1) is 0 Å². The van der Waals surface area contributed by atoms with Crippen LogP contribution in [-0.4, -0.2) is 20.4 Å². The van der Waals surface area contributed by atoms with Gasteiger partial charge in [0.1, 0.15) is 10.7 Å². The zero-order valence-electron chi connectivity index (χ0n) is 10.7. The summed E-state index contributed by atoms with van der Waals surface area (Å²) in [5, 5.41) is 2.72. The number of rotatable bonds is 4. The summed E-state index contributed by atoms with van der Waals surface area (Å²) in [6, 6.07) is 1.10. The van der Waals surface area contributed by atoms with Gasteiger partial charge in [-0.3, -0.25) is 4.79 Å². The van der Waals surface area contributed by atoms with E-state index in [2.05, 4.69) is 5.32 Å². The average molecular weight is 294 g/mol. The van der Waals surface area contributed by atoms with Gasteiger partial charge < -0.3 is 9.73 Å². The van der Waals surface area contributed by atoms with Crippen molar-refractivity contribution in [3.05, 3.63) is 17.6 Å². The first-order chi connectivity index (χ1) is 8.12. The lowest BCUT2D eigenvalue weighted by Gasteiger charge is -2.16. The van der Waals surface area contributed by atoms with Crippen LogP contribution in [0.5, 0.6) is 0 Å². The zero-order valence-corrected chi connectivity index (χ0v) is 12.2.